The molecule has 1 aliphatic heterocycles. The molecule has 0 bridgehead atoms. The topological polar surface area (TPSA) is 95.3 Å². The number of anilines is 2. The van der Waals surface area contributed by atoms with Crippen molar-refractivity contribution in [2.24, 2.45) is 7.05 Å². The minimum absolute atomic E-state index is 0.135. The smallest absolute Gasteiger partial charge is 0.323 e. The monoisotopic (exact) mass is 488 g/mol. The van der Waals surface area contributed by atoms with Crippen molar-refractivity contribution in [2.75, 3.05) is 23.7 Å². The first-order chi connectivity index (χ1) is 17.4. The lowest BCUT2D eigenvalue weighted by Crippen LogP contribution is -2.35. The van der Waals surface area contributed by atoms with E-state index in [9.17, 15) is 14.3 Å². The maximum Gasteiger partial charge on any atom is 0.323 e. The summed E-state index contributed by atoms with van der Waals surface area (Å²) in [4.78, 5) is 19.6. The number of hydrogen-bond acceptors (Lipinski definition) is 5. The minimum atomic E-state index is -0.514. The number of likely N-dealkylation sites (tertiary alicyclic amines) is 1. The number of urea groups is 1. The molecule has 0 spiro atoms. The van der Waals surface area contributed by atoms with Gasteiger partial charge in [0.05, 0.1) is 23.7 Å². The number of nitrogens with one attached hydrogen (secondary N) is 2. The Balaban J connectivity index is 1.35. The van der Waals surface area contributed by atoms with Gasteiger partial charge in [0.1, 0.15) is 5.82 Å². The Morgan fingerprint density at radius 3 is 2.61 bits per heavy atom. The van der Waals surface area contributed by atoms with E-state index in [1.807, 2.05) is 44.4 Å². The summed E-state index contributed by atoms with van der Waals surface area (Å²) in [6, 6.07) is 13.6. The molecule has 0 aliphatic carbocycles. The highest BCUT2D eigenvalue weighted by atomic mass is 19.1. The number of carbonyl (C=O) groups excluding carboxylic acids is 1. The molecule has 5 rings (SSSR count). The Morgan fingerprint density at radius 2 is 1.86 bits per heavy atom. The molecule has 0 unspecified atom stereocenters. The van der Waals surface area contributed by atoms with E-state index in [4.69, 9.17) is 4.98 Å². The first-order valence-corrected chi connectivity index (χ1v) is 12.0. The number of fused-ring (bicyclic) bond motifs is 1. The molecule has 1 fully saturated rings. The molecular formula is C27H29FN6O2. The fraction of sp³-hybridized carbons (Fsp3) is 0.296. The number of halogens is 1. The van der Waals surface area contributed by atoms with Crippen LogP contribution in [-0.2, 0) is 13.6 Å². The lowest BCUT2D eigenvalue weighted by atomic mass is 10.0. The van der Waals surface area contributed by atoms with Crippen molar-refractivity contribution in [1.29, 1.82) is 0 Å². The van der Waals surface area contributed by atoms with Gasteiger partial charge in [-0.1, -0.05) is 18.2 Å². The number of pyridine rings is 1. The number of aliphatic hydroxyl groups is 1. The number of nitrogens with zero attached hydrogens (tertiary/aromatic N) is 4. The molecule has 36 heavy (non-hydrogen) atoms. The van der Waals surface area contributed by atoms with Crippen LogP contribution in [0, 0.1) is 12.7 Å². The van der Waals surface area contributed by atoms with Crippen LogP contribution in [0.15, 0.2) is 54.7 Å². The van der Waals surface area contributed by atoms with Crippen molar-refractivity contribution in [1.82, 2.24) is 19.7 Å². The molecule has 2 aromatic heterocycles. The highest BCUT2D eigenvalue weighted by Crippen LogP contribution is 2.30. The second-order valence-electron chi connectivity index (χ2n) is 9.31. The molecule has 3 N–H and O–H groups in total. The number of carbonyl (C=O) groups is 1. The third-order valence-electron chi connectivity index (χ3n) is 6.52. The van der Waals surface area contributed by atoms with Gasteiger partial charge >= 0.3 is 6.03 Å². The summed E-state index contributed by atoms with van der Waals surface area (Å²) in [5.74, 6) is -0.485. The molecule has 0 radical (unpaired) electrons. The number of piperidine rings is 1. The van der Waals surface area contributed by atoms with Crippen LogP contribution in [0.4, 0.5) is 20.6 Å². The summed E-state index contributed by atoms with van der Waals surface area (Å²) in [5.41, 5.74) is 5.32. The van der Waals surface area contributed by atoms with Crippen LogP contribution < -0.4 is 10.6 Å². The van der Waals surface area contributed by atoms with Gasteiger partial charge in [0.2, 0.25) is 0 Å². The van der Waals surface area contributed by atoms with Crippen LogP contribution in [0.25, 0.3) is 22.2 Å². The third-order valence-corrected chi connectivity index (χ3v) is 6.52. The Labute approximate surface area is 208 Å². The molecule has 1 aliphatic rings. The number of aliphatic hydroxyl groups excluding tert-OH is 1. The van der Waals surface area contributed by atoms with Crippen LogP contribution in [0.2, 0.25) is 0 Å². The average molecular weight is 489 g/mol. The summed E-state index contributed by atoms with van der Waals surface area (Å²) < 4.78 is 15.7. The summed E-state index contributed by atoms with van der Waals surface area (Å²) in [6.07, 6.45) is 3.15. The van der Waals surface area contributed by atoms with Gasteiger partial charge in [0.25, 0.3) is 0 Å². The van der Waals surface area contributed by atoms with E-state index in [2.05, 4.69) is 26.7 Å². The molecule has 9 heteroatoms. The zero-order valence-corrected chi connectivity index (χ0v) is 20.3. The van der Waals surface area contributed by atoms with Crippen LogP contribution in [-0.4, -0.2) is 50.0 Å². The van der Waals surface area contributed by atoms with Crippen molar-refractivity contribution in [3.05, 3.63) is 71.8 Å². The maximum atomic E-state index is 14.0. The maximum absolute atomic E-state index is 14.0. The number of amides is 2. The zero-order chi connectivity index (χ0) is 25.2. The van der Waals surface area contributed by atoms with E-state index in [0.29, 0.717) is 12.2 Å². The van der Waals surface area contributed by atoms with Gasteiger partial charge in [-0.2, -0.15) is 5.10 Å². The quantitative estimate of drug-likeness (QED) is 0.379. The lowest BCUT2D eigenvalue weighted by Gasteiger charge is -2.29. The second-order valence-corrected chi connectivity index (χ2v) is 9.31. The summed E-state index contributed by atoms with van der Waals surface area (Å²) >= 11 is 0. The van der Waals surface area contributed by atoms with E-state index in [1.165, 1.54) is 6.07 Å². The molecule has 0 atom stereocenters. The fourth-order valence-corrected chi connectivity index (χ4v) is 4.55. The Hall–Kier alpha value is -3.82. The van der Waals surface area contributed by atoms with Crippen molar-refractivity contribution in [3.8, 4) is 11.1 Å². The molecule has 2 aromatic carbocycles. The van der Waals surface area contributed by atoms with Gasteiger partial charge in [0.15, 0.2) is 5.65 Å². The normalized spacial score (nSPS) is 14.8. The van der Waals surface area contributed by atoms with E-state index >= 15 is 0 Å². The van der Waals surface area contributed by atoms with Gasteiger partial charge in [-0.3, -0.25) is 9.58 Å². The lowest BCUT2D eigenvalue weighted by molar-refractivity contribution is 0.0787. The largest absolute Gasteiger partial charge is 0.393 e. The number of aromatic nitrogens is 3. The van der Waals surface area contributed by atoms with Crippen LogP contribution in [0.3, 0.4) is 0 Å². The molecule has 3 heterocycles. The van der Waals surface area contributed by atoms with E-state index in [-0.39, 0.29) is 11.8 Å². The van der Waals surface area contributed by atoms with Gasteiger partial charge in [-0.05, 0) is 66.8 Å². The van der Waals surface area contributed by atoms with Gasteiger partial charge in [-0.15, -0.1) is 0 Å². The molecule has 2 amide bonds. The standard InChI is InChI=1S/C27H29FN6O2/c1-17-3-8-24(28)25(13-17)32-27(36)31-19-6-4-18(5-7-19)22-14-20(16-34-11-9-21(35)10-12-34)30-26-23(22)15-29-33(26)2/h3-8,13-15,21,35H,9-12,16H2,1-2H3,(H2,31,32,36). The Kier molecular flexibility index (Phi) is 6.67. The molecule has 0 saturated carbocycles. The minimum Gasteiger partial charge on any atom is -0.393 e. The number of rotatable bonds is 5. The SMILES string of the molecule is Cc1ccc(F)c(NC(=O)Nc2ccc(-c3cc(CN4CCC(O)CC4)nc4c3cnn4C)cc2)c1. The van der Waals surface area contributed by atoms with E-state index in [1.54, 1.807) is 16.8 Å². The zero-order valence-electron chi connectivity index (χ0n) is 20.3. The van der Waals surface area contributed by atoms with Gasteiger partial charge in [-0.25, -0.2) is 14.2 Å². The van der Waals surface area contributed by atoms with E-state index in [0.717, 1.165) is 59.3 Å². The van der Waals surface area contributed by atoms with Crippen molar-refractivity contribution >= 4 is 28.4 Å². The summed E-state index contributed by atoms with van der Waals surface area (Å²) in [7, 11) is 1.88. The van der Waals surface area contributed by atoms with Crippen LogP contribution in [0.5, 0.6) is 0 Å². The highest BCUT2D eigenvalue weighted by molar-refractivity contribution is 6.00. The van der Waals surface area contributed by atoms with E-state index < -0.39 is 11.8 Å². The third kappa shape index (κ3) is 5.22. The molecule has 1 saturated heterocycles. The van der Waals surface area contributed by atoms with Crippen molar-refractivity contribution < 1.29 is 14.3 Å². The van der Waals surface area contributed by atoms with Crippen molar-refractivity contribution in [3.63, 3.8) is 0 Å². The van der Waals surface area contributed by atoms with Crippen LogP contribution in [0.1, 0.15) is 24.1 Å². The predicted molar refractivity (Wildman–Crippen MR) is 138 cm³/mol. The fourth-order valence-electron chi connectivity index (χ4n) is 4.55. The number of hydrogen-bond donors (Lipinski definition) is 3. The molecule has 186 valence electrons. The Bertz CT molecular complexity index is 1390. The summed E-state index contributed by atoms with van der Waals surface area (Å²) in [6.45, 7) is 4.23. The number of benzene rings is 2. The predicted octanol–water partition coefficient (Wildman–Crippen LogP) is 4.68. The highest BCUT2D eigenvalue weighted by Gasteiger charge is 2.19. The molecule has 4 aromatic rings. The Morgan fingerprint density at radius 1 is 1.11 bits per heavy atom. The summed E-state index contributed by atoms with van der Waals surface area (Å²) in [5, 5.41) is 20.5. The first-order valence-electron chi connectivity index (χ1n) is 12.0. The number of aryl methyl sites for hydroxylation is 2. The average Bonchev–Trinajstić information content (AvgIpc) is 3.23. The van der Waals surface area contributed by atoms with Crippen LogP contribution >= 0.6 is 0 Å². The van der Waals surface area contributed by atoms with Gasteiger partial charge in [0, 0.05) is 37.8 Å². The molecular weight excluding hydrogens is 459 g/mol. The molecule has 8 nitrogen and oxygen atoms in total. The van der Waals surface area contributed by atoms with Gasteiger partial charge < -0.3 is 15.7 Å². The first kappa shape index (κ1) is 23.9. The van der Waals surface area contributed by atoms with Crippen molar-refractivity contribution in [2.45, 2.75) is 32.4 Å². The second kappa shape index (κ2) is 10.0.